The van der Waals surface area contributed by atoms with Crippen molar-refractivity contribution in [3.8, 4) is 0 Å². The first-order chi connectivity index (χ1) is 15.5. The van der Waals surface area contributed by atoms with E-state index in [1.54, 1.807) is 6.07 Å². The van der Waals surface area contributed by atoms with E-state index in [-0.39, 0.29) is 23.7 Å². The molecule has 4 heterocycles. The molecular weight excluding hydrogens is 429 g/mol. The number of hydrogen-bond donors (Lipinski definition) is 0. The molecule has 5 rings (SSSR count). The van der Waals surface area contributed by atoms with Crippen LogP contribution in [0.2, 0.25) is 0 Å². The highest BCUT2D eigenvalue weighted by Gasteiger charge is 2.37. The molecule has 3 aromatic rings. The molecule has 1 atom stereocenters. The van der Waals surface area contributed by atoms with Gasteiger partial charge in [0.05, 0.1) is 16.1 Å². The van der Waals surface area contributed by atoms with Crippen LogP contribution in [0.5, 0.6) is 0 Å². The highest BCUT2D eigenvalue weighted by Crippen LogP contribution is 2.27. The van der Waals surface area contributed by atoms with Gasteiger partial charge >= 0.3 is 0 Å². The van der Waals surface area contributed by atoms with Gasteiger partial charge < -0.3 is 14.7 Å². The Bertz CT molecular complexity index is 1160. The van der Waals surface area contributed by atoms with Gasteiger partial charge in [-0.1, -0.05) is 6.07 Å². The van der Waals surface area contributed by atoms with Crippen LogP contribution in [0.3, 0.4) is 0 Å². The number of piperazine rings is 1. The van der Waals surface area contributed by atoms with Crippen LogP contribution in [0.1, 0.15) is 28.2 Å². The van der Waals surface area contributed by atoms with E-state index in [9.17, 15) is 14.0 Å². The molecule has 2 aromatic heterocycles. The Kier molecular flexibility index (Phi) is 5.50. The maximum Gasteiger partial charge on any atom is 0.264 e. The average Bonchev–Trinajstić information content (AvgIpc) is 3.51. The molecule has 9 heteroatoms. The summed E-state index contributed by atoms with van der Waals surface area (Å²) in [5.74, 6) is 0.295. The molecule has 0 spiro atoms. The number of fused-ring (bicyclic) bond motifs is 1. The Labute approximate surface area is 189 Å². The lowest BCUT2D eigenvalue weighted by Gasteiger charge is -2.37. The van der Waals surface area contributed by atoms with Crippen LogP contribution in [0.15, 0.2) is 35.7 Å². The second-order valence-corrected chi connectivity index (χ2v) is 9.16. The molecule has 7 nitrogen and oxygen atoms in total. The van der Waals surface area contributed by atoms with Crippen molar-refractivity contribution < 1.29 is 14.0 Å². The summed E-state index contributed by atoms with van der Waals surface area (Å²) in [4.78, 5) is 41.5. The van der Waals surface area contributed by atoms with Gasteiger partial charge in [0.25, 0.3) is 5.91 Å². The Morgan fingerprint density at radius 3 is 2.59 bits per heavy atom. The zero-order valence-electron chi connectivity index (χ0n) is 17.8. The standard InChI is InChI=1S/C23H24FN5O2S/c1-15-17-14-16(24)6-7-18(17)26-23(25-15)29-8-2-4-19(29)21(30)27-9-11-28(12-10-27)22(31)20-5-3-13-32-20/h3,5-7,13-14,19H,2,4,8-12H2,1H3/t19-/m0/s1. The van der Waals surface area contributed by atoms with Crippen LogP contribution in [0.25, 0.3) is 10.9 Å². The highest BCUT2D eigenvalue weighted by atomic mass is 32.1. The first kappa shape index (κ1) is 20.8. The number of nitrogens with zero attached hydrogens (tertiary/aromatic N) is 5. The molecular formula is C23H24FN5O2S. The molecule has 32 heavy (non-hydrogen) atoms. The van der Waals surface area contributed by atoms with Crippen LogP contribution in [0, 0.1) is 12.7 Å². The minimum absolute atomic E-state index is 0.0334. The molecule has 2 saturated heterocycles. The topological polar surface area (TPSA) is 69.6 Å². The van der Waals surface area contributed by atoms with Crippen molar-refractivity contribution in [1.29, 1.82) is 0 Å². The second kappa shape index (κ2) is 8.46. The summed E-state index contributed by atoms with van der Waals surface area (Å²) in [6, 6.07) is 7.88. The number of amides is 2. The van der Waals surface area contributed by atoms with Crippen molar-refractivity contribution in [2.45, 2.75) is 25.8 Å². The lowest BCUT2D eigenvalue weighted by atomic mass is 10.1. The number of benzene rings is 1. The lowest BCUT2D eigenvalue weighted by molar-refractivity contribution is -0.133. The van der Waals surface area contributed by atoms with Gasteiger partial charge in [0, 0.05) is 38.1 Å². The molecule has 2 aliphatic rings. The van der Waals surface area contributed by atoms with Gasteiger partial charge in [-0.2, -0.15) is 0 Å². The number of hydrogen-bond acceptors (Lipinski definition) is 6. The molecule has 0 saturated carbocycles. The monoisotopic (exact) mass is 453 g/mol. The number of aromatic nitrogens is 2. The second-order valence-electron chi connectivity index (χ2n) is 8.22. The summed E-state index contributed by atoms with van der Waals surface area (Å²) in [6.45, 7) is 4.66. The third kappa shape index (κ3) is 3.81. The molecule has 0 aliphatic carbocycles. The van der Waals surface area contributed by atoms with Crippen molar-refractivity contribution in [1.82, 2.24) is 19.8 Å². The molecule has 0 N–H and O–H groups in total. The minimum atomic E-state index is -0.317. The van der Waals surface area contributed by atoms with Gasteiger partial charge in [0.2, 0.25) is 11.9 Å². The zero-order chi connectivity index (χ0) is 22.2. The summed E-state index contributed by atoms with van der Waals surface area (Å²) in [7, 11) is 0. The van der Waals surface area contributed by atoms with Crippen molar-refractivity contribution in [2.24, 2.45) is 0 Å². The molecule has 2 aliphatic heterocycles. The molecule has 166 valence electrons. The van der Waals surface area contributed by atoms with Gasteiger partial charge in [0.1, 0.15) is 11.9 Å². The van der Waals surface area contributed by atoms with Crippen LogP contribution < -0.4 is 4.90 Å². The predicted octanol–water partition coefficient (Wildman–Crippen LogP) is 3.09. The Hall–Kier alpha value is -3.07. The summed E-state index contributed by atoms with van der Waals surface area (Å²) in [6.07, 6.45) is 1.63. The first-order valence-electron chi connectivity index (χ1n) is 10.8. The summed E-state index contributed by atoms with van der Waals surface area (Å²) < 4.78 is 13.6. The fraction of sp³-hybridized carbons (Fsp3) is 0.391. The molecule has 0 unspecified atom stereocenters. The lowest BCUT2D eigenvalue weighted by Crippen LogP contribution is -2.55. The summed E-state index contributed by atoms with van der Waals surface area (Å²) in [5, 5.41) is 2.58. The van der Waals surface area contributed by atoms with Crippen LogP contribution in [-0.4, -0.2) is 70.3 Å². The van der Waals surface area contributed by atoms with Crippen molar-refractivity contribution in [3.63, 3.8) is 0 Å². The third-order valence-electron chi connectivity index (χ3n) is 6.24. The van der Waals surface area contributed by atoms with Crippen LogP contribution >= 0.6 is 11.3 Å². The molecule has 0 bridgehead atoms. The zero-order valence-corrected chi connectivity index (χ0v) is 18.6. The third-order valence-corrected chi connectivity index (χ3v) is 7.10. The number of carbonyl (C=O) groups is 2. The molecule has 2 amide bonds. The van der Waals surface area contributed by atoms with Gasteiger partial charge in [-0.3, -0.25) is 9.59 Å². The van der Waals surface area contributed by atoms with E-state index >= 15 is 0 Å². The number of rotatable bonds is 3. The Balaban J connectivity index is 1.30. The van der Waals surface area contributed by atoms with E-state index in [4.69, 9.17) is 0 Å². The van der Waals surface area contributed by atoms with E-state index in [1.807, 2.05) is 39.1 Å². The number of carbonyl (C=O) groups excluding carboxylic acids is 2. The van der Waals surface area contributed by atoms with Gasteiger partial charge in [-0.05, 0) is 49.4 Å². The van der Waals surface area contributed by atoms with E-state index in [0.717, 1.165) is 17.7 Å². The quantitative estimate of drug-likeness (QED) is 0.610. The molecule has 0 radical (unpaired) electrons. The largest absolute Gasteiger partial charge is 0.337 e. The maximum absolute atomic E-state index is 13.6. The number of aryl methyl sites for hydroxylation is 1. The Morgan fingerprint density at radius 1 is 1.06 bits per heavy atom. The minimum Gasteiger partial charge on any atom is -0.337 e. The average molecular weight is 454 g/mol. The van der Waals surface area contributed by atoms with Gasteiger partial charge in [-0.15, -0.1) is 11.3 Å². The SMILES string of the molecule is Cc1nc(N2CCC[C@H]2C(=O)N2CCN(C(=O)c3cccs3)CC2)nc2ccc(F)cc12. The number of anilines is 1. The Morgan fingerprint density at radius 2 is 1.84 bits per heavy atom. The van der Waals surface area contributed by atoms with E-state index in [1.165, 1.54) is 23.5 Å². The molecule has 1 aromatic carbocycles. The van der Waals surface area contributed by atoms with Crippen molar-refractivity contribution in [3.05, 3.63) is 52.1 Å². The van der Waals surface area contributed by atoms with E-state index in [2.05, 4.69) is 9.97 Å². The normalized spacial score (nSPS) is 19.1. The van der Waals surface area contributed by atoms with E-state index in [0.29, 0.717) is 55.3 Å². The summed E-state index contributed by atoms with van der Waals surface area (Å²) in [5.41, 5.74) is 1.37. The fourth-order valence-electron chi connectivity index (χ4n) is 4.53. The van der Waals surface area contributed by atoms with Gasteiger partial charge in [-0.25, -0.2) is 14.4 Å². The smallest absolute Gasteiger partial charge is 0.264 e. The number of thiophene rings is 1. The molecule has 2 fully saturated rings. The maximum atomic E-state index is 13.6. The predicted molar refractivity (Wildman–Crippen MR) is 121 cm³/mol. The van der Waals surface area contributed by atoms with Crippen molar-refractivity contribution in [2.75, 3.05) is 37.6 Å². The van der Waals surface area contributed by atoms with Crippen LogP contribution in [-0.2, 0) is 4.79 Å². The van der Waals surface area contributed by atoms with Crippen LogP contribution in [0.4, 0.5) is 10.3 Å². The first-order valence-corrected chi connectivity index (χ1v) is 11.7. The van der Waals surface area contributed by atoms with Crippen molar-refractivity contribution >= 4 is 40.0 Å². The van der Waals surface area contributed by atoms with Gasteiger partial charge in [0.15, 0.2) is 0 Å². The highest BCUT2D eigenvalue weighted by molar-refractivity contribution is 7.12. The fourth-order valence-corrected chi connectivity index (χ4v) is 5.22. The number of halogens is 1. The van der Waals surface area contributed by atoms with E-state index < -0.39 is 0 Å². The summed E-state index contributed by atoms with van der Waals surface area (Å²) >= 11 is 1.44.